The zero-order valence-electron chi connectivity index (χ0n) is 15.2. The predicted molar refractivity (Wildman–Crippen MR) is 102 cm³/mol. The molecule has 2 fully saturated rings. The molecule has 0 amide bonds. The average molecular weight is 389 g/mol. The maximum atomic E-state index is 12.4. The van der Waals surface area contributed by atoms with Crippen molar-refractivity contribution in [1.29, 1.82) is 0 Å². The van der Waals surface area contributed by atoms with Gasteiger partial charge in [-0.15, -0.1) is 0 Å². The van der Waals surface area contributed by atoms with Crippen LogP contribution in [0.5, 0.6) is 5.75 Å². The topological polar surface area (TPSA) is 71.9 Å². The minimum atomic E-state index is -0.513. The first-order valence-corrected chi connectivity index (χ1v) is 9.19. The number of methoxy groups -OCH3 is 2. The molecule has 0 radical (unpaired) electrons. The highest BCUT2D eigenvalue weighted by atomic mass is 35.5. The number of pyridine rings is 1. The second-order valence-corrected chi connectivity index (χ2v) is 7.48. The normalized spacial score (nSPS) is 26.0. The summed E-state index contributed by atoms with van der Waals surface area (Å²) in [7, 11) is 3.06. The maximum absolute atomic E-state index is 12.4. The number of ether oxygens (including phenoxy) is 2. The van der Waals surface area contributed by atoms with Crippen LogP contribution in [-0.4, -0.2) is 49.5 Å². The third-order valence-corrected chi connectivity index (χ3v) is 6.03. The van der Waals surface area contributed by atoms with Crippen LogP contribution in [0.15, 0.2) is 36.4 Å². The third kappa shape index (κ3) is 2.75. The van der Waals surface area contributed by atoms with Crippen LogP contribution < -0.4 is 4.90 Å². The van der Waals surface area contributed by atoms with Crippen LogP contribution in [0.1, 0.15) is 6.42 Å². The van der Waals surface area contributed by atoms with Crippen LogP contribution in [0.2, 0.25) is 5.02 Å². The number of anilines is 1. The molecule has 6 nitrogen and oxygen atoms in total. The van der Waals surface area contributed by atoms with Crippen molar-refractivity contribution in [2.45, 2.75) is 12.5 Å². The van der Waals surface area contributed by atoms with Gasteiger partial charge in [0.05, 0.1) is 35.9 Å². The van der Waals surface area contributed by atoms with Crippen LogP contribution in [0.3, 0.4) is 0 Å². The molecule has 7 heteroatoms. The lowest BCUT2D eigenvalue weighted by molar-refractivity contribution is -0.148. The quantitative estimate of drug-likeness (QED) is 0.793. The smallest absolute Gasteiger partial charge is 0.314 e. The lowest BCUT2D eigenvalue weighted by atomic mass is 9.96. The Bertz CT molecular complexity index is 890. The molecule has 2 aromatic rings. The molecule has 0 spiro atoms. The maximum Gasteiger partial charge on any atom is 0.314 e. The van der Waals surface area contributed by atoms with Gasteiger partial charge in [0.15, 0.2) is 0 Å². The Kier molecular flexibility index (Phi) is 4.48. The summed E-state index contributed by atoms with van der Waals surface area (Å²) in [5.41, 5.74) is 0.678. The monoisotopic (exact) mass is 388 g/mol. The van der Waals surface area contributed by atoms with Crippen molar-refractivity contribution in [3.63, 3.8) is 0 Å². The summed E-state index contributed by atoms with van der Waals surface area (Å²) in [6.07, 6.45) is 0.818. The molecule has 1 aliphatic heterocycles. The molecule has 1 saturated heterocycles. The third-order valence-electron chi connectivity index (χ3n) is 5.72. The number of phenols is 1. The van der Waals surface area contributed by atoms with E-state index in [-0.39, 0.29) is 28.7 Å². The average Bonchev–Trinajstić information content (AvgIpc) is 3.33. The van der Waals surface area contributed by atoms with E-state index in [2.05, 4.69) is 4.90 Å². The number of esters is 1. The molecular formula is C20H21ClN2O4. The Morgan fingerprint density at radius 3 is 2.85 bits per heavy atom. The number of aromatic hydroxyl groups is 1. The van der Waals surface area contributed by atoms with Crippen molar-refractivity contribution < 1.29 is 19.4 Å². The minimum Gasteiger partial charge on any atom is -0.506 e. The van der Waals surface area contributed by atoms with E-state index in [1.807, 2.05) is 18.2 Å². The Hall–Kier alpha value is -2.31. The molecule has 4 rings (SSSR count). The van der Waals surface area contributed by atoms with Crippen LogP contribution in [-0.2, 0) is 14.3 Å². The van der Waals surface area contributed by atoms with Gasteiger partial charge in [-0.3, -0.25) is 4.79 Å². The van der Waals surface area contributed by atoms with Crippen LogP contribution in [0.4, 0.5) is 5.82 Å². The van der Waals surface area contributed by atoms with Crippen molar-refractivity contribution in [2.75, 3.05) is 32.3 Å². The molecule has 1 saturated carbocycles. The van der Waals surface area contributed by atoms with Crippen molar-refractivity contribution in [3.05, 3.63) is 41.4 Å². The van der Waals surface area contributed by atoms with E-state index in [1.54, 1.807) is 25.3 Å². The predicted octanol–water partition coefficient (Wildman–Crippen LogP) is 3.12. The van der Waals surface area contributed by atoms with E-state index in [0.717, 1.165) is 18.8 Å². The lowest BCUT2D eigenvalue weighted by Gasteiger charge is -2.31. The van der Waals surface area contributed by atoms with Gasteiger partial charge >= 0.3 is 5.97 Å². The highest BCUT2D eigenvalue weighted by molar-refractivity contribution is 6.32. The summed E-state index contributed by atoms with van der Waals surface area (Å²) < 4.78 is 10.5. The number of carbonyl (C=O) groups excluding carboxylic acids is 1. The second kappa shape index (κ2) is 6.69. The van der Waals surface area contributed by atoms with Gasteiger partial charge in [0.2, 0.25) is 0 Å². The molecule has 1 aromatic heterocycles. The number of hydrogen-bond acceptors (Lipinski definition) is 6. The van der Waals surface area contributed by atoms with E-state index in [1.165, 1.54) is 7.11 Å². The van der Waals surface area contributed by atoms with Crippen LogP contribution in [0, 0.1) is 11.3 Å². The van der Waals surface area contributed by atoms with Gasteiger partial charge in [-0.25, -0.2) is 4.98 Å². The molecule has 1 aliphatic carbocycles. The van der Waals surface area contributed by atoms with Gasteiger partial charge in [-0.2, -0.15) is 0 Å². The molecule has 2 aliphatic rings. The Morgan fingerprint density at radius 1 is 1.33 bits per heavy atom. The van der Waals surface area contributed by atoms with Crippen molar-refractivity contribution in [2.24, 2.45) is 11.3 Å². The van der Waals surface area contributed by atoms with Gasteiger partial charge in [-0.05, 0) is 36.6 Å². The molecule has 27 heavy (non-hydrogen) atoms. The highest BCUT2D eigenvalue weighted by Crippen LogP contribution is 2.62. The van der Waals surface area contributed by atoms with E-state index >= 15 is 0 Å². The fourth-order valence-electron chi connectivity index (χ4n) is 4.31. The molecule has 0 bridgehead atoms. The second-order valence-electron chi connectivity index (χ2n) is 7.07. The van der Waals surface area contributed by atoms with Gasteiger partial charge in [-0.1, -0.05) is 23.7 Å². The SMILES string of the molecule is COC[C@H]1N(c2cccc(-c3cccc(Cl)c3O)n2)C[C@@H]2C[C@@]21C(=O)OC. The van der Waals surface area contributed by atoms with E-state index in [0.29, 0.717) is 17.9 Å². The number of nitrogens with zero attached hydrogens (tertiary/aromatic N) is 2. The summed E-state index contributed by atoms with van der Waals surface area (Å²) in [6.45, 7) is 1.14. The molecule has 2 heterocycles. The number of para-hydroxylation sites is 1. The fourth-order valence-corrected chi connectivity index (χ4v) is 4.48. The van der Waals surface area contributed by atoms with Gasteiger partial charge in [0.1, 0.15) is 11.6 Å². The Balaban J connectivity index is 1.70. The Labute approximate surface area is 162 Å². The Morgan fingerprint density at radius 2 is 2.11 bits per heavy atom. The molecule has 142 valence electrons. The first-order chi connectivity index (χ1) is 13.0. The van der Waals surface area contributed by atoms with E-state index < -0.39 is 5.41 Å². The van der Waals surface area contributed by atoms with Crippen molar-refractivity contribution >= 4 is 23.4 Å². The fraction of sp³-hybridized carbons (Fsp3) is 0.400. The summed E-state index contributed by atoms with van der Waals surface area (Å²) in [6, 6.07) is 10.7. The van der Waals surface area contributed by atoms with Gasteiger partial charge < -0.3 is 19.5 Å². The van der Waals surface area contributed by atoms with Crippen molar-refractivity contribution in [1.82, 2.24) is 4.98 Å². The van der Waals surface area contributed by atoms with Crippen LogP contribution in [0.25, 0.3) is 11.3 Å². The highest BCUT2D eigenvalue weighted by Gasteiger charge is 2.71. The minimum absolute atomic E-state index is 0.00700. The zero-order chi connectivity index (χ0) is 19.2. The summed E-state index contributed by atoms with van der Waals surface area (Å²) in [5, 5.41) is 10.6. The summed E-state index contributed by atoms with van der Waals surface area (Å²) >= 11 is 6.03. The number of rotatable bonds is 5. The standard InChI is InChI=1S/C20H21ClN2O4/c1-26-11-16-20(19(25)27-2)9-12(20)10-23(16)17-8-4-7-15(22-17)13-5-3-6-14(21)18(13)24/h3-8,12,16,24H,9-11H2,1-2H3/t12-,16+,20+/m0/s1. The first kappa shape index (κ1) is 18.1. The zero-order valence-corrected chi connectivity index (χ0v) is 15.9. The van der Waals surface area contributed by atoms with Gasteiger partial charge in [0.25, 0.3) is 0 Å². The molecule has 1 N–H and O–H groups in total. The number of benzene rings is 1. The number of carbonyl (C=O) groups is 1. The van der Waals surface area contributed by atoms with Crippen LogP contribution >= 0.6 is 11.6 Å². The number of fused-ring (bicyclic) bond motifs is 1. The van der Waals surface area contributed by atoms with E-state index in [4.69, 9.17) is 26.1 Å². The molecule has 3 atom stereocenters. The number of halogens is 1. The number of aromatic nitrogens is 1. The summed E-state index contributed by atoms with van der Waals surface area (Å²) in [4.78, 5) is 19.3. The van der Waals surface area contributed by atoms with E-state index in [9.17, 15) is 9.90 Å². The molecule has 0 unspecified atom stereocenters. The molecular weight excluding hydrogens is 368 g/mol. The lowest BCUT2D eigenvalue weighted by Crippen LogP contribution is -2.44. The number of phenolic OH excluding ortho intramolecular Hbond substituents is 1. The number of hydrogen-bond donors (Lipinski definition) is 1. The van der Waals surface area contributed by atoms with Gasteiger partial charge in [0, 0.05) is 19.2 Å². The summed E-state index contributed by atoms with van der Waals surface area (Å²) in [5.74, 6) is 0.813. The largest absolute Gasteiger partial charge is 0.506 e. The molecule has 1 aromatic carbocycles. The first-order valence-electron chi connectivity index (χ1n) is 8.81. The number of piperidine rings is 1. The van der Waals surface area contributed by atoms with Crippen molar-refractivity contribution in [3.8, 4) is 17.0 Å².